The van der Waals surface area contributed by atoms with Crippen molar-refractivity contribution in [2.24, 2.45) is 0 Å². The van der Waals surface area contributed by atoms with Crippen molar-refractivity contribution < 1.29 is 13.2 Å². The van der Waals surface area contributed by atoms with Crippen LogP contribution in [0.15, 0.2) is 47.4 Å². The monoisotopic (exact) mass is 398 g/mol. The number of nitrogens with zero attached hydrogens (tertiary/aromatic N) is 1. The molecule has 1 N–H and O–H groups in total. The Morgan fingerprint density at radius 1 is 1.00 bits per heavy atom. The van der Waals surface area contributed by atoms with Crippen molar-refractivity contribution in [2.75, 3.05) is 17.8 Å². The van der Waals surface area contributed by atoms with Crippen LogP contribution in [0.1, 0.15) is 23.2 Å². The Kier molecular flexibility index (Phi) is 5.22. The van der Waals surface area contributed by atoms with Gasteiger partial charge in [0.05, 0.1) is 10.6 Å². The molecule has 25 heavy (non-hydrogen) atoms. The lowest BCUT2D eigenvalue weighted by atomic mass is 10.2. The van der Waals surface area contributed by atoms with Crippen molar-refractivity contribution in [3.63, 3.8) is 0 Å². The topological polar surface area (TPSA) is 66.5 Å². The number of nitrogens with one attached hydrogen (secondary N) is 1. The SMILES string of the molecule is O=C(c1cccc(S(=O)(=O)Nc2cc(Cl)cc(Cl)c2)c1)N1CCCC1. The number of benzene rings is 2. The first-order valence-corrected chi connectivity index (χ1v) is 9.97. The van der Waals surface area contributed by atoms with Gasteiger partial charge < -0.3 is 4.90 Å². The third-order valence-corrected chi connectivity index (χ3v) is 5.71. The summed E-state index contributed by atoms with van der Waals surface area (Å²) in [6, 6.07) is 10.4. The van der Waals surface area contributed by atoms with Crippen molar-refractivity contribution in [1.82, 2.24) is 4.90 Å². The molecule has 0 atom stereocenters. The summed E-state index contributed by atoms with van der Waals surface area (Å²) in [5.41, 5.74) is 0.614. The van der Waals surface area contributed by atoms with Crippen LogP contribution < -0.4 is 4.72 Å². The molecule has 0 aliphatic carbocycles. The molecule has 1 aliphatic heterocycles. The van der Waals surface area contributed by atoms with Gasteiger partial charge in [-0.1, -0.05) is 29.3 Å². The van der Waals surface area contributed by atoms with Gasteiger partial charge in [-0.15, -0.1) is 0 Å². The Labute approximate surface area is 156 Å². The molecular formula is C17H16Cl2N2O3S. The molecule has 1 aliphatic rings. The number of anilines is 1. The number of hydrogen-bond donors (Lipinski definition) is 1. The number of sulfonamides is 1. The van der Waals surface area contributed by atoms with E-state index in [1.807, 2.05) is 0 Å². The largest absolute Gasteiger partial charge is 0.339 e. The van der Waals surface area contributed by atoms with E-state index in [0.717, 1.165) is 12.8 Å². The Bertz CT molecular complexity index is 890. The highest BCUT2D eigenvalue weighted by Gasteiger charge is 2.22. The summed E-state index contributed by atoms with van der Waals surface area (Å²) in [6.07, 6.45) is 1.95. The summed E-state index contributed by atoms with van der Waals surface area (Å²) in [7, 11) is -3.86. The predicted molar refractivity (Wildman–Crippen MR) is 98.9 cm³/mol. The van der Waals surface area contributed by atoms with Gasteiger partial charge in [0.15, 0.2) is 0 Å². The van der Waals surface area contributed by atoms with Crippen molar-refractivity contribution in [3.05, 3.63) is 58.1 Å². The Hall–Kier alpha value is -1.76. The van der Waals surface area contributed by atoms with Gasteiger partial charge in [0, 0.05) is 28.7 Å². The van der Waals surface area contributed by atoms with E-state index in [9.17, 15) is 13.2 Å². The summed E-state index contributed by atoms with van der Waals surface area (Å²) >= 11 is 11.8. The number of carbonyl (C=O) groups excluding carboxylic acids is 1. The lowest BCUT2D eigenvalue weighted by Crippen LogP contribution is -2.27. The molecule has 2 aromatic rings. The van der Waals surface area contributed by atoms with Gasteiger partial charge in [0.2, 0.25) is 0 Å². The number of hydrogen-bond acceptors (Lipinski definition) is 3. The van der Waals surface area contributed by atoms with Gasteiger partial charge in [-0.2, -0.15) is 0 Å². The molecule has 8 heteroatoms. The third-order valence-electron chi connectivity index (χ3n) is 3.90. The average Bonchev–Trinajstić information content (AvgIpc) is 3.07. The summed E-state index contributed by atoms with van der Waals surface area (Å²) in [6.45, 7) is 1.41. The van der Waals surface area contributed by atoms with Crippen molar-refractivity contribution >= 4 is 44.8 Å². The van der Waals surface area contributed by atoms with Gasteiger partial charge in [0.25, 0.3) is 15.9 Å². The molecule has 3 rings (SSSR count). The third kappa shape index (κ3) is 4.26. The predicted octanol–water partition coefficient (Wildman–Crippen LogP) is 4.03. The molecule has 2 aromatic carbocycles. The summed E-state index contributed by atoms with van der Waals surface area (Å²) in [5, 5.41) is 0.645. The standard InChI is InChI=1S/C17H16Cl2N2O3S/c18-13-9-14(19)11-15(10-13)20-25(23,24)16-5-3-4-12(8-16)17(22)21-6-1-2-7-21/h3-5,8-11,20H,1-2,6-7H2. The number of halogens is 2. The van der Waals surface area contributed by atoms with Gasteiger partial charge in [0.1, 0.15) is 0 Å². The van der Waals surface area contributed by atoms with Crippen LogP contribution in [0.4, 0.5) is 5.69 Å². The molecule has 1 heterocycles. The molecule has 0 saturated carbocycles. The summed E-state index contributed by atoms with van der Waals surface area (Å²) in [4.78, 5) is 14.2. The fraction of sp³-hybridized carbons (Fsp3) is 0.235. The Morgan fingerprint density at radius 2 is 1.64 bits per heavy atom. The molecular weight excluding hydrogens is 383 g/mol. The molecule has 132 valence electrons. The second kappa shape index (κ2) is 7.23. The van der Waals surface area contributed by atoms with E-state index in [1.54, 1.807) is 17.0 Å². The van der Waals surface area contributed by atoms with Crippen molar-refractivity contribution in [3.8, 4) is 0 Å². The summed E-state index contributed by atoms with van der Waals surface area (Å²) < 4.78 is 27.6. The quantitative estimate of drug-likeness (QED) is 0.844. The van der Waals surface area contributed by atoms with Gasteiger partial charge in [-0.05, 0) is 49.2 Å². The normalized spacial score (nSPS) is 14.6. The second-order valence-corrected chi connectivity index (χ2v) is 8.35. The van der Waals surface area contributed by atoms with Crippen LogP contribution in [0.5, 0.6) is 0 Å². The maximum atomic E-state index is 12.6. The lowest BCUT2D eigenvalue weighted by molar-refractivity contribution is 0.0792. The maximum Gasteiger partial charge on any atom is 0.261 e. The maximum absolute atomic E-state index is 12.6. The fourth-order valence-electron chi connectivity index (χ4n) is 2.73. The lowest BCUT2D eigenvalue weighted by Gasteiger charge is -2.16. The van der Waals surface area contributed by atoms with Gasteiger partial charge in [-0.3, -0.25) is 9.52 Å². The highest BCUT2D eigenvalue weighted by Crippen LogP contribution is 2.25. The molecule has 0 unspecified atom stereocenters. The first-order chi connectivity index (χ1) is 11.8. The number of likely N-dealkylation sites (tertiary alicyclic amines) is 1. The van der Waals surface area contributed by atoms with E-state index < -0.39 is 10.0 Å². The number of amides is 1. The molecule has 0 radical (unpaired) electrons. The minimum Gasteiger partial charge on any atom is -0.339 e. The van der Waals surface area contributed by atoms with E-state index in [0.29, 0.717) is 28.7 Å². The van der Waals surface area contributed by atoms with Crippen LogP contribution in [-0.4, -0.2) is 32.3 Å². The number of carbonyl (C=O) groups is 1. The second-order valence-electron chi connectivity index (χ2n) is 5.79. The first-order valence-electron chi connectivity index (χ1n) is 7.73. The molecule has 1 amide bonds. The van der Waals surface area contributed by atoms with E-state index in [4.69, 9.17) is 23.2 Å². The highest BCUT2D eigenvalue weighted by atomic mass is 35.5. The zero-order valence-corrected chi connectivity index (χ0v) is 15.5. The summed E-state index contributed by atoms with van der Waals surface area (Å²) in [5.74, 6) is -0.152. The van der Waals surface area contributed by atoms with Gasteiger partial charge >= 0.3 is 0 Å². The van der Waals surface area contributed by atoms with Gasteiger partial charge in [-0.25, -0.2) is 8.42 Å². The number of rotatable bonds is 4. The zero-order valence-electron chi connectivity index (χ0n) is 13.2. The first kappa shape index (κ1) is 18.0. The average molecular weight is 399 g/mol. The molecule has 0 bridgehead atoms. The highest BCUT2D eigenvalue weighted by molar-refractivity contribution is 7.92. The van der Waals surface area contributed by atoms with Crippen LogP contribution >= 0.6 is 23.2 Å². The smallest absolute Gasteiger partial charge is 0.261 e. The zero-order chi connectivity index (χ0) is 18.0. The van der Waals surface area contributed by atoms with Crippen molar-refractivity contribution in [1.29, 1.82) is 0 Å². The Balaban J connectivity index is 1.87. The van der Waals surface area contributed by atoms with E-state index in [2.05, 4.69) is 4.72 Å². The molecule has 1 saturated heterocycles. The minimum absolute atomic E-state index is 0.00800. The van der Waals surface area contributed by atoms with Crippen LogP contribution in [0.25, 0.3) is 0 Å². The van der Waals surface area contributed by atoms with Crippen LogP contribution in [0.3, 0.4) is 0 Å². The van der Waals surface area contributed by atoms with Crippen LogP contribution in [0, 0.1) is 0 Å². The van der Waals surface area contributed by atoms with E-state index in [1.165, 1.54) is 30.3 Å². The Morgan fingerprint density at radius 3 is 2.28 bits per heavy atom. The minimum atomic E-state index is -3.86. The molecule has 0 aromatic heterocycles. The van der Waals surface area contributed by atoms with E-state index >= 15 is 0 Å². The van der Waals surface area contributed by atoms with E-state index in [-0.39, 0.29) is 16.5 Å². The fourth-order valence-corrected chi connectivity index (χ4v) is 4.34. The van der Waals surface area contributed by atoms with Crippen LogP contribution in [-0.2, 0) is 10.0 Å². The van der Waals surface area contributed by atoms with Crippen molar-refractivity contribution in [2.45, 2.75) is 17.7 Å². The molecule has 0 spiro atoms. The van der Waals surface area contributed by atoms with Crippen LogP contribution in [0.2, 0.25) is 10.0 Å². The molecule has 1 fully saturated rings. The molecule has 5 nitrogen and oxygen atoms in total.